The predicted molar refractivity (Wildman–Crippen MR) is 85.9 cm³/mol. The van der Waals surface area contributed by atoms with Crippen LogP contribution < -0.4 is 0 Å². The molecular weight excluding hydrogens is 266 g/mol. The van der Waals surface area contributed by atoms with E-state index >= 15 is 0 Å². The molecule has 0 bridgehead atoms. The van der Waals surface area contributed by atoms with E-state index in [0.29, 0.717) is 5.88 Å². The summed E-state index contributed by atoms with van der Waals surface area (Å²) in [7, 11) is 0. The van der Waals surface area contributed by atoms with Gasteiger partial charge in [-0.2, -0.15) is 0 Å². The van der Waals surface area contributed by atoms with E-state index in [9.17, 15) is 0 Å². The highest BCUT2D eigenvalue weighted by Gasteiger charge is 2.05. The van der Waals surface area contributed by atoms with Crippen LogP contribution in [0.25, 0.3) is 16.5 Å². The third-order valence-electron chi connectivity index (χ3n) is 3.34. The van der Waals surface area contributed by atoms with Crippen molar-refractivity contribution in [3.05, 3.63) is 84.1 Å². The van der Waals surface area contributed by atoms with Gasteiger partial charge >= 0.3 is 0 Å². The summed E-state index contributed by atoms with van der Waals surface area (Å²) in [6.45, 7) is 4.17. The highest BCUT2D eigenvalue weighted by atomic mass is 35.5. The molecule has 20 heavy (non-hydrogen) atoms. The topological polar surface area (TPSA) is 12.9 Å². The van der Waals surface area contributed by atoms with Crippen molar-refractivity contribution in [2.45, 2.75) is 5.88 Å². The molecule has 0 radical (unpaired) electrons. The lowest BCUT2D eigenvalue weighted by atomic mass is 10.0. The smallest absolute Gasteiger partial charge is 0.0709 e. The molecule has 2 heteroatoms. The van der Waals surface area contributed by atoms with Gasteiger partial charge in [0.2, 0.25) is 0 Å². The number of benzene rings is 2. The van der Waals surface area contributed by atoms with Gasteiger partial charge in [-0.25, -0.2) is 4.98 Å². The van der Waals surface area contributed by atoms with Crippen LogP contribution >= 0.6 is 11.6 Å². The van der Waals surface area contributed by atoms with Crippen LogP contribution in [0, 0.1) is 0 Å². The van der Waals surface area contributed by atoms with Crippen molar-refractivity contribution in [2.75, 3.05) is 0 Å². The molecule has 1 heterocycles. The fraction of sp³-hybridized carbons (Fsp3) is 0.0556. The quantitative estimate of drug-likeness (QED) is 0.612. The average Bonchev–Trinajstić information content (AvgIpc) is 2.53. The number of fused-ring (bicyclic) bond motifs is 1. The van der Waals surface area contributed by atoms with Crippen LogP contribution in [0.4, 0.5) is 0 Å². The number of aromatic nitrogens is 1. The molecule has 2 aromatic carbocycles. The number of pyridine rings is 1. The Morgan fingerprint density at radius 1 is 1.00 bits per heavy atom. The van der Waals surface area contributed by atoms with Gasteiger partial charge in [0, 0.05) is 16.8 Å². The van der Waals surface area contributed by atoms with Gasteiger partial charge in [-0.15, -0.1) is 11.6 Å². The monoisotopic (exact) mass is 279 g/mol. The Morgan fingerprint density at radius 3 is 2.70 bits per heavy atom. The maximum atomic E-state index is 5.88. The molecule has 0 unspecified atom stereocenters. The molecule has 0 N–H and O–H groups in total. The van der Waals surface area contributed by atoms with Crippen molar-refractivity contribution >= 4 is 28.1 Å². The van der Waals surface area contributed by atoms with Gasteiger partial charge < -0.3 is 0 Å². The number of rotatable bonds is 3. The lowest BCUT2D eigenvalue weighted by Crippen LogP contribution is -1.92. The largest absolute Gasteiger partial charge is 0.248 e. The summed E-state index contributed by atoms with van der Waals surface area (Å²) in [5.41, 5.74) is 4.95. The van der Waals surface area contributed by atoms with Gasteiger partial charge in [0.15, 0.2) is 0 Å². The van der Waals surface area contributed by atoms with Crippen molar-refractivity contribution in [1.29, 1.82) is 0 Å². The SMILES string of the molecule is C=C(c1cccc(CCl)c1)c1ccc2ccccc2n1. The average molecular weight is 280 g/mol. The normalized spacial score (nSPS) is 10.7. The van der Waals surface area contributed by atoms with Gasteiger partial charge in [0.25, 0.3) is 0 Å². The zero-order chi connectivity index (χ0) is 13.9. The number of hydrogen-bond donors (Lipinski definition) is 0. The second-order valence-electron chi connectivity index (χ2n) is 4.70. The zero-order valence-electron chi connectivity index (χ0n) is 11.0. The van der Waals surface area contributed by atoms with E-state index < -0.39 is 0 Å². The summed E-state index contributed by atoms with van der Waals surface area (Å²) < 4.78 is 0. The van der Waals surface area contributed by atoms with Crippen molar-refractivity contribution < 1.29 is 0 Å². The van der Waals surface area contributed by atoms with Crippen molar-refractivity contribution in [3.63, 3.8) is 0 Å². The fourth-order valence-corrected chi connectivity index (χ4v) is 2.39. The molecule has 0 fully saturated rings. The van der Waals surface area contributed by atoms with Crippen LogP contribution in [0.1, 0.15) is 16.8 Å². The van der Waals surface area contributed by atoms with Crippen LogP contribution in [-0.4, -0.2) is 4.98 Å². The minimum Gasteiger partial charge on any atom is -0.248 e. The first-order valence-electron chi connectivity index (χ1n) is 6.48. The second-order valence-corrected chi connectivity index (χ2v) is 4.97. The third-order valence-corrected chi connectivity index (χ3v) is 3.65. The van der Waals surface area contributed by atoms with E-state index in [4.69, 9.17) is 11.6 Å². The molecule has 0 aliphatic heterocycles. The van der Waals surface area contributed by atoms with E-state index in [2.05, 4.69) is 29.8 Å². The van der Waals surface area contributed by atoms with Crippen LogP contribution in [0.5, 0.6) is 0 Å². The van der Waals surface area contributed by atoms with Crippen molar-refractivity contribution in [2.24, 2.45) is 0 Å². The molecule has 0 spiro atoms. The summed E-state index contributed by atoms with van der Waals surface area (Å²) in [5, 5.41) is 1.14. The molecule has 3 rings (SSSR count). The van der Waals surface area contributed by atoms with Crippen LogP contribution in [0.15, 0.2) is 67.2 Å². The number of halogens is 1. The van der Waals surface area contributed by atoms with Gasteiger partial charge in [-0.3, -0.25) is 0 Å². The molecule has 0 saturated heterocycles. The van der Waals surface area contributed by atoms with Gasteiger partial charge in [-0.05, 0) is 29.3 Å². The van der Waals surface area contributed by atoms with E-state index in [1.807, 2.05) is 42.5 Å². The summed E-state index contributed by atoms with van der Waals surface area (Å²) in [4.78, 5) is 4.67. The Labute approximate surface area is 123 Å². The second kappa shape index (κ2) is 5.48. The van der Waals surface area contributed by atoms with E-state index in [1.165, 1.54) is 0 Å². The van der Waals surface area contributed by atoms with E-state index in [1.54, 1.807) is 0 Å². The molecule has 0 aliphatic rings. The Bertz CT molecular complexity index is 777. The summed E-state index contributed by atoms with van der Waals surface area (Å²) >= 11 is 5.88. The summed E-state index contributed by atoms with van der Waals surface area (Å²) in [6.07, 6.45) is 0. The molecule has 0 saturated carbocycles. The van der Waals surface area contributed by atoms with Gasteiger partial charge in [0.05, 0.1) is 11.2 Å². The molecule has 1 aromatic heterocycles. The zero-order valence-corrected chi connectivity index (χ0v) is 11.8. The molecule has 1 nitrogen and oxygen atoms in total. The Hall–Kier alpha value is -2.12. The van der Waals surface area contributed by atoms with Crippen molar-refractivity contribution in [1.82, 2.24) is 4.98 Å². The summed E-state index contributed by atoms with van der Waals surface area (Å²) in [6, 6.07) is 20.3. The molecular formula is C18H14ClN. The highest BCUT2D eigenvalue weighted by Crippen LogP contribution is 2.23. The Balaban J connectivity index is 2.03. The van der Waals surface area contributed by atoms with Crippen LogP contribution in [0.3, 0.4) is 0 Å². The van der Waals surface area contributed by atoms with Gasteiger partial charge in [0.1, 0.15) is 0 Å². The van der Waals surface area contributed by atoms with Crippen molar-refractivity contribution in [3.8, 4) is 0 Å². The highest BCUT2D eigenvalue weighted by molar-refractivity contribution is 6.17. The standard InChI is InChI=1S/C18H14ClN/c1-13(16-7-4-5-14(11-16)12-19)17-10-9-15-6-2-3-8-18(15)20-17/h2-11H,1,12H2. The number of hydrogen-bond acceptors (Lipinski definition) is 1. The minimum absolute atomic E-state index is 0.506. The van der Waals surface area contributed by atoms with Crippen LogP contribution in [0.2, 0.25) is 0 Å². The van der Waals surface area contributed by atoms with E-state index in [-0.39, 0.29) is 0 Å². The first kappa shape index (κ1) is 12.9. The molecule has 0 atom stereocenters. The molecule has 0 amide bonds. The Kier molecular flexibility index (Phi) is 3.53. The minimum atomic E-state index is 0.506. The lowest BCUT2D eigenvalue weighted by molar-refractivity contribution is 1.33. The number of alkyl halides is 1. The lowest BCUT2D eigenvalue weighted by Gasteiger charge is -2.08. The van der Waals surface area contributed by atoms with Crippen LogP contribution in [-0.2, 0) is 5.88 Å². The van der Waals surface area contributed by atoms with E-state index in [0.717, 1.165) is 33.3 Å². The first-order chi connectivity index (χ1) is 9.78. The molecule has 0 aliphatic carbocycles. The first-order valence-corrected chi connectivity index (χ1v) is 7.02. The number of para-hydroxylation sites is 1. The predicted octanol–water partition coefficient (Wildman–Crippen LogP) is 5.04. The molecule has 98 valence electrons. The van der Waals surface area contributed by atoms with Gasteiger partial charge in [-0.1, -0.05) is 49.0 Å². The Morgan fingerprint density at radius 2 is 1.85 bits per heavy atom. The number of nitrogens with zero attached hydrogens (tertiary/aromatic N) is 1. The maximum absolute atomic E-state index is 5.88. The molecule has 3 aromatic rings. The third kappa shape index (κ3) is 2.45. The summed E-state index contributed by atoms with van der Waals surface area (Å²) in [5.74, 6) is 0.506. The maximum Gasteiger partial charge on any atom is 0.0709 e. The fourth-order valence-electron chi connectivity index (χ4n) is 2.22.